The van der Waals surface area contributed by atoms with Crippen molar-refractivity contribution in [3.8, 4) is 0 Å². The molecule has 0 aliphatic heterocycles. The second-order valence-electron chi connectivity index (χ2n) is 4.81. The minimum absolute atomic E-state index is 0.196. The van der Waals surface area contributed by atoms with Crippen molar-refractivity contribution in [1.29, 1.82) is 0 Å². The van der Waals surface area contributed by atoms with Gasteiger partial charge in [0.1, 0.15) is 5.69 Å². The molecule has 0 saturated carbocycles. The van der Waals surface area contributed by atoms with Crippen LogP contribution >= 0.6 is 11.3 Å². The summed E-state index contributed by atoms with van der Waals surface area (Å²) in [6.45, 7) is 8.17. The Morgan fingerprint density at radius 1 is 1.42 bits per heavy atom. The van der Waals surface area contributed by atoms with Crippen molar-refractivity contribution in [2.24, 2.45) is 5.92 Å². The molecule has 0 unspecified atom stereocenters. The van der Waals surface area contributed by atoms with Gasteiger partial charge in [-0.1, -0.05) is 20.8 Å². The van der Waals surface area contributed by atoms with Gasteiger partial charge in [0.05, 0.1) is 10.9 Å². The summed E-state index contributed by atoms with van der Waals surface area (Å²) in [5, 5.41) is 11.6. The van der Waals surface area contributed by atoms with Crippen molar-refractivity contribution >= 4 is 23.2 Å². The van der Waals surface area contributed by atoms with Crippen molar-refractivity contribution < 1.29 is 14.7 Å². The van der Waals surface area contributed by atoms with E-state index in [-0.39, 0.29) is 12.5 Å². The fourth-order valence-corrected chi connectivity index (χ4v) is 2.39. The number of thiazole rings is 1. The van der Waals surface area contributed by atoms with Crippen LogP contribution in [0.4, 0.5) is 0 Å². The number of carboxylic acids is 1. The highest BCUT2D eigenvalue weighted by atomic mass is 32.1. The lowest BCUT2D eigenvalue weighted by Crippen LogP contribution is -2.36. The SMILES string of the molecule is CCN(C[C@H](C)C(=O)O)C(=O)c1csc(C(C)C)n1. The van der Waals surface area contributed by atoms with Crippen LogP contribution < -0.4 is 0 Å². The molecule has 0 aliphatic rings. The smallest absolute Gasteiger partial charge is 0.308 e. The molecule has 1 aromatic heterocycles. The van der Waals surface area contributed by atoms with E-state index in [1.54, 1.807) is 12.3 Å². The predicted octanol–water partition coefficient (Wildman–Crippen LogP) is 2.45. The molecule has 1 rings (SSSR count). The van der Waals surface area contributed by atoms with E-state index in [4.69, 9.17) is 5.11 Å². The number of carbonyl (C=O) groups is 2. The van der Waals surface area contributed by atoms with Crippen LogP contribution in [0.5, 0.6) is 0 Å². The summed E-state index contributed by atoms with van der Waals surface area (Å²) in [6.07, 6.45) is 0. The van der Waals surface area contributed by atoms with Crippen molar-refractivity contribution in [2.75, 3.05) is 13.1 Å². The van der Waals surface area contributed by atoms with Crippen LogP contribution in [-0.4, -0.2) is 40.0 Å². The average Bonchev–Trinajstić information content (AvgIpc) is 2.84. The molecule has 1 atom stereocenters. The molecule has 0 spiro atoms. The van der Waals surface area contributed by atoms with E-state index in [1.165, 1.54) is 16.2 Å². The Labute approximate surface area is 117 Å². The molecule has 0 aromatic carbocycles. The maximum Gasteiger partial charge on any atom is 0.308 e. The van der Waals surface area contributed by atoms with E-state index >= 15 is 0 Å². The minimum atomic E-state index is -0.896. The van der Waals surface area contributed by atoms with E-state index in [1.807, 2.05) is 20.8 Å². The molecule has 0 aliphatic carbocycles. The van der Waals surface area contributed by atoms with Gasteiger partial charge in [-0.05, 0) is 6.92 Å². The normalized spacial score (nSPS) is 12.5. The highest BCUT2D eigenvalue weighted by molar-refractivity contribution is 7.09. The molecule has 106 valence electrons. The quantitative estimate of drug-likeness (QED) is 0.871. The molecule has 19 heavy (non-hydrogen) atoms. The summed E-state index contributed by atoms with van der Waals surface area (Å²) in [4.78, 5) is 28.9. The molecule has 0 fully saturated rings. The monoisotopic (exact) mass is 284 g/mol. The number of hydrogen-bond donors (Lipinski definition) is 1. The third-order valence-corrected chi connectivity index (χ3v) is 3.97. The summed E-state index contributed by atoms with van der Waals surface area (Å²) < 4.78 is 0. The maximum absolute atomic E-state index is 12.2. The molecule has 5 nitrogen and oxygen atoms in total. The highest BCUT2D eigenvalue weighted by Crippen LogP contribution is 2.20. The molecule has 0 bridgehead atoms. The van der Waals surface area contributed by atoms with E-state index in [0.717, 1.165) is 5.01 Å². The fourth-order valence-electron chi connectivity index (χ4n) is 1.58. The van der Waals surface area contributed by atoms with Crippen molar-refractivity contribution in [2.45, 2.75) is 33.6 Å². The highest BCUT2D eigenvalue weighted by Gasteiger charge is 2.22. The van der Waals surface area contributed by atoms with Gasteiger partial charge in [0.25, 0.3) is 5.91 Å². The first kappa shape index (κ1) is 15.6. The number of carbonyl (C=O) groups excluding carboxylic acids is 1. The number of rotatable bonds is 6. The van der Waals surface area contributed by atoms with Gasteiger partial charge in [-0.2, -0.15) is 0 Å². The predicted molar refractivity (Wildman–Crippen MR) is 74.6 cm³/mol. The molecule has 0 radical (unpaired) electrons. The third kappa shape index (κ3) is 4.02. The summed E-state index contributed by atoms with van der Waals surface area (Å²) >= 11 is 1.46. The van der Waals surface area contributed by atoms with Gasteiger partial charge in [0.2, 0.25) is 0 Å². The molecule has 1 heterocycles. The molecule has 6 heteroatoms. The van der Waals surface area contributed by atoms with Crippen LogP contribution in [0.3, 0.4) is 0 Å². The number of hydrogen-bond acceptors (Lipinski definition) is 4. The Morgan fingerprint density at radius 2 is 2.05 bits per heavy atom. The maximum atomic E-state index is 12.2. The lowest BCUT2D eigenvalue weighted by molar-refractivity contribution is -0.141. The number of carboxylic acid groups (broad SMARTS) is 1. The summed E-state index contributed by atoms with van der Waals surface area (Å²) in [7, 11) is 0. The van der Waals surface area contributed by atoms with Crippen LogP contribution in [0, 0.1) is 5.92 Å². The first-order valence-electron chi connectivity index (χ1n) is 6.34. The van der Waals surface area contributed by atoms with Gasteiger partial charge in [0, 0.05) is 24.4 Å². The van der Waals surface area contributed by atoms with Crippen LogP contribution in [-0.2, 0) is 4.79 Å². The van der Waals surface area contributed by atoms with Crippen molar-refractivity contribution in [3.05, 3.63) is 16.1 Å². The van der Waals surface area contributed by atoms with Gasteiger partial charge >= 0.3 is 5.97 Å². The Hall–Kier alpha value is -1.43. The first-order chi connectivity index (χ1) is 8.86. The number of aromatic nitrogens is 1. The van der Waals surface area contributed by atoms with E-state index in [2.05, 4.69) is 4.98 Å². The molecule has 1 N–H and O–H groups in total. The summed E-state index contributed by atoms with van der Waals surface area (Å²) in [5.74, 6) is -1.38. The van der Waals surface area contributed by atoms with Gasteiger partial charge in [-0.25, -0.2) is 4.98 Å². The largest absolute Gasteiger partial charge is 0.481 e. The topological polar surface area (TPSA) is 70.5 Å². The van der Waals surface area contributed by atoms with Gasteiger partial charge in [-0.15, -0.1) is 11.3 Å². The minimum Gasteiger partial charge on any atom is -0.481 e. The van der Waals surface area contributed by atoms with E-state index < -0.39 is 11.9 Å². The Balaban J connectivity index is 2.80. The molecular weight excluding hydrogens is 264 g/mol. The van der Waals surface area contributed by atoms with Crippen LogP contribution in [0.1, 0.15) is 49.1 Å². The molecule has 1 amide bonds. The second-order valence-corrected chi connectivity index (χ2v) is 5.70. The number of nitrogens with zero attached hydrogens (tertiary/aromatic N) is 2. The van der Waals surface area contributed by atoms with Crippen LogP contribution in [0.2, 0.25) is 0 Å². The number of amides is 1. The van der Waals surface area contributed by atoms with Gasteiger partial charge in [-0.3, -0.25) is 9.59 Å². The summed E-state index contributed by atoms with van der Waals surface area (Å²) in [6, 6.07) is 0. The van der Waals surface area contributed by atoms with Gasteiger partial charge < -0.3 is 10.0 Å². The lowest BCUT2D eigenvalue weighted by Gasteiger charge is -2.21. The molecular formula is C13H20N2O3S. The third-order valence-electron chi connectivity index (χ3n) is 2.82. The van der Waals surface area contributed by atoms with Gasteiger partial charge in [0.15, 0.2) is 0 Å². The standard InChI is InChI=1S/C13H20N2O3S/c1-5-15(6-9(4)13(17)18)12(16)10-7-19-11(14-10)8(2)3/h7-9H,5-6H2,1-4H3,(H,17,18)/t9-/m0/s1. The zero-order valence-electron chi connectivity index (χ0n) is 11.7. The van der Waals surface area contributed by atoms with Crippen molar-refractivity contribution in [1.82, 2.24) is 9.88 Å². The first-order valence-corrected chi connectivity index (χ1v) is 7.22. The Morgan fingerprint density at radius 3 is 2.47 bits per heavy atom. The Bertz CT molecular complexity index is 456. The summed E-state index contributed by atoms with van der Waals surface area (Å²) in [5.41, 5.74) is 0.410. The van der Waals surface area contributed by atoms with E-state index in [0.29, 0.717) is 18.2 Å². The zero-order valence-corrected chi connectivity index (χ0v) is 12.5. The van der Waals surface area contributed by atoms with Crippen molar-refractivity contribution in [3.63, 3.8) is 0 Å². The van der Waals surface area contributed by atoms with E-state index in [9.17, 15) is 9.59 Å². The Kier molecular flexibility index (Phi) is 5.47. The molecule has 0 saturated heterocycles. The second kappa shape index (κ2) is 6.65. The molecule has 1 aromatic rings. The van der Waals surface area contributed by atoms with Crippen LogP contribution in [0.25, 0.3) is 0 Å². The van der Waals surface area contributed by atoms with Crippen LogP contribution in [0.15, 0.2) is 5.38 Å². The fraction of sp³-hybridized carbons (Fsp3) is 0.615. The zero-order chi connectivity index (χ0) is 14.6. The average molecular weight is 284 g/mol. The number of aliphatic carboxylic acids is 1. The lowest BCUT2D eigenvalue weighted by atomic mass is 10.1.